The van der Waals surface area contributed by atoms with Crippen LogP contribution in [0.5, 0.6) is 0 Å². The maximum Gasteiger partial charge on any atom is 2.00 e. The van der Waals surface area contributed by atoms with Crippen molar-refractivity contribution < 1.29 is 19.5 Å². The van der Waals surface area contributed by atoms with Gasteiger partial charge in [0.2, 0.25) is 0 Å². The Morgan fingerprint density at radius 3 is 1.13 bits per heavy atom. The summed E-state index contributed by atoms with van der Waals surface area (Å²) in [5.74, 6) is 11.0. The Morgan fingerprint density at radius 2 is 0.730 bits per heavy atom. The molecule has 0 saturated heterocycles. The van der Waals surface area contributed by atoms with Gasteiger partial charge in [0.25, 0.3) is 0 Å². The van der Waals surface area contributed by atoms with E-state index in [4.69, 9.17) is 49.8 Å². The molecule has 89 heavy (non-hydrogen) atoms. The first-order chi connectivity index (χ1) is 42.4. The molecule has 11 aromatic rings. The summed E-state index contributed by atoms with van der Waals surface area (Å²) < 4.78 is 4.65. The van der Waals surface area contributed by atoms with Crippen molar-refractivity contribution >= 4 is 82.3 Å². The van der Waals surface area contributed by atoms with Crippen molar-refractivity contribution in [3.8, 4) is 91.3 Å². The average Bonchev–Trinajstić information content (AvgIpc) is 1.96. The molecule has 0 aliphatic carbocycles. The Bertz CT molecular complexity index is 4840. The molecule has 13 rings (SSSR count). The quantitative estimate of drug-likeness (QED) is 0.0857. The molecular weight excluding hydrogens is 1180 g/mol. The van der Waals surface area contributed by atoms with Crippen LogP contribution in [0.1, 0.15) is 121 Å². The molecule has 8 bridgehead atoms. The first-order valence-electron chi connectivity index (χ1n) is 31.7. The van der Waals surface area contributed by atoms with Crippen molar-refractivity contribution in [2.75, 3.05) is 0 Å². The third-order valence-electron chi connectivity index (χ3n) is 19.0. The van der Waals surface area contributed by atoms with Crippen molar-refractivity contribution in [1.82, 2.24) is 59.0 Å². The van der Waals surface area contributed by atoms with Crippen LogP contribution >= 0.6 is 0 Å². The van der Waals surface area contributed by atoms with E-state index in [0.717, 1.165) is 126 Å². The Balaban J connectivity index is 0.00000769. The minimum Gasteiger partial charge on any atom is -0.357 e. The zero-order chi connectivity index (χ0) is 61.5. The molecule has 442 valence electrons. The van der Waals surface area contributed by atoms with Crippen LogP contribution in [-0.2, 0) is 32.6 Å². The van der Waals surface area contributed by atoms with Gasteiger partial charge in [0.05, 0.1) is 45.4 Å². The molecule has 0 fully saturated rings. The van der Waals surface area contributed by atoms with E-state index in [1.54, 1.807) is 0 Å². The first kappa shape index (κ1) is 61.1. The Hall–Kier alpha value is -8.20. The van der Waals surface area contributed by atoms with Crippen molar-refractivity contribution in [1.29, 1.82) is 0 Å². The van der Waals surface area contributed by atoms with E-state index in [-0.39, 0.29) is 19.5 Å². The van der Waals surface area contributed by atoms with Crippen LogP contribution < -0.4 is 9.97 Å². The molecule has 15 heteroatoms. The number of hydrogen-bond acceptors (Lipinski definition) is 8. The third kappa shape index (κ3) is 10.4. The van der Waals surface area contributed by atoms with Crippen molar-refractivity contribution in [2.45, 2.75) is 156 Å². The normalized spacial score (nSPS) is 12.4. The van der Waals surface area contributed by atoms with Gasteiger partial charge in [-0.3, -0.25) is 0 Å². The molecule has 2 aliphatic rings. The second-order valence-corrected chi connectivity index (χ2v) is 37.1. The molecule has 7 heterocycles. The summed E-state index contributed by atoms with van der Waals surface area (Å²) >= 11 is 0. The molecule has 0 saturated carbocycles. The molecule has 5 aromatic heterocycles. The molecule has 0 spiro atoms. The standard InChI is InChI=1S/C74H76N12Si2.Zn/c1-15-35-85-63-41-59-58(40-62(63)76-74(85)52-31-27-50(28-32-52)34-38-88(46(9)10,47(11)12)48(13)14)70-83-71(59)81-68-56-24-20-18-22-54(56)66(79-68)77-65-53-21-17-19-23-55(53)67(78-65)80-69-57-39-61-64(42-60(57)72(82-69)84-70)86(36-16-2)73(75-61)51-29-25-49(26-30-51)33-37-87(43(3)4,44(5)6)45(7)8;/h17-32,39-48H,15-16,35-36H2,1-14H3;/q-2;+2. The van der Waals surface area contributed by atoms with E-state index in [2.05, 4.69) is 202 Å². The Kier molecular flexibility index (Phi) is 16.4. The van der Waals surface area contributed by atoms with E-state index in [1.165, 1.54) is 0 Å². The van der Waals surface area contributed by atoms with Crippen molar-refractivity contribution in [3.63, 3.8) is 0 Å². The fraction of sp³-hybridized carbons (Fsp3) is 0.324. The fourth-order valence-electron chi connectivity index (χ4n) is 14.8. The smallest absolute Gasteiger partial charge is 0.357 e. The summed E-state index contributed by atoms with van der Waals surface area (Å²) in [6.45, 7) is 34.3. The van der Waals surface area contributed by atoms with E-state index in [0.29, 0.717) is 79.1 Å². The number of aromatic nitrogens is 12. The van der Waals surface area contributed by atoms with Crippen LogP contribution in [-0.4, -0.2) is 65.2 Å². The predicted molar refractivity (Wildman–Crippen MR) is 368 cm³/mol. The van der Waals surface area contributed by atoms with Gasteiger partial charge in [0.1, 0.15) is 27.8 Å². The number of benzene rings is 6. The largest absolute Gasteiger partial charge is 2.00 e. The number of nitrogens with zero attached hydrogens (tertiary/aromatic N) is 12. The van der Waals surface area contributed by atoms with Gasteiger partial charge in [-0.1, -0.05) is 182 Å². The van der Waals surface area contributed by atoms with Gasteiger partial charge in [-0.15, -0.1) is 11.1 Å². The number of imidazole rings is 2. The number of fused-ring (bicyclic) bond motifs is 22. The van der Waals surface area contributed by atoms with Crippen molar-refractivity contribution in [2.24, 2.45) is 0 Å². The Morgan fingerprint density at radius 1 is 0.382 bits per heavy atom. The van der Waals surface area contributed by atoms with Gasteiger partial charge in [-0.05, 0) is 116 Å². The minimum atomic E-state index is -1.92. The first-order valence-corrected chi connectivity index (χ1v) is 36.1. The number of rotatable bonds is 12. The number of aryl methyl sites for hydroxylation is 2. The number of hydrogen-bond donors (Lipinski definition) is 0. The maximum absolute atomic E-state index is 5.50. The van der Waals surface area contributed by atoms with Gasteiger partial charge in [-0.25, -0.2) is 19.9 Å². The van der Waals surface area contributed by atoms with Crippen LogP contribution in [0.2, 0.25) is 33.2 Å². The van der Waals surface area contributed by atoms with Gasteiger partial charge >= 0.3 is 19.5 Å². The summed E-state index contributed by atoms with van der Waals surface area (Å²) in [4.78, 5) is 53.3. The summed E-state index contributed by atoms with van der Waals surface area (Å²) in [5, 5.41) is 3.32. The zero-order valence-corrected chi connectivity index (χ0v) is 58.9. The summed E-state index contributed by atoms with van der Waals surface area (Å²) in [6, 6.07) is 42.1. The zero-order valence-electron chi connectivity index (χ0n) is 53.9. The second kappa shape index (κ2) is 24.0. The molecule has 6 aromatic carbocycles. The fourth-order valence-corrected chi connectivity index (χ4v) is 25.2. The molecule has 0 amide bonds. The van der Waals surface area contributed by atoms with Gasteiger partial charge < -0.3 is 39.0 Å². The van der Waals surface area contributed by atoms with E-state index >= 15 is 0 Å². The van der Waals surface area contributed by atoms with Crippen LogP contribution in [0.25, 0.3) is 135 Å². The van der Waals surface area contributed by atoms with Crippen LogP contribution in [0.15, 0.2) is 121 Å². The predicted octanol–water partition coefficient (Wildman–Crippen LogP) is 18.1. The van der Waals surface area contributed by atoms with Crippen LogP contribution in [0.3, 0.4) is 0 Å². The van der Waals surface area contributed by atoms with E-state index in [9.17, 15) is 0 Å². The summed E-state index contributed by atoms with van der Waals surface area (Å²) in [6.07, 6.45) is 1.81. The topological polar surface area (TPSA) is 141 Å². The van der Waals surface area contributed by atoms with Crippen molar-refractivity contribution in [3.05, 3.63) is 132 Å². The summed E-state index contributed by atoms with van der Waals surface area (Å²) in [7, 11) is -3.84. The van der Waals surface area contributed by atoms with Crippen LogP contribution in [0, 0.1) is 22.9 Å². The molecule has 2 aliphatic heterocycles. The van der Waals surface area contributed by atoms with E-state index < -0.39 is 16.1 Å². The monoisotopic (exact) mass is 1250 g/mol. The molecule has 12 nitrogen and oxygen atoms in total. The molecule has 0 atom stereocenters. The summed E-state index contributed by atoms with van der Waals surface area (Å²) in [5.41, 5.74) is 24.1. The van der Waals surface area contributed by atoms with Gasteiger partial charge in [-0.2, -0.15) is 0 Å². The maximum atomic E-state index is 5.50. The van der Waals surface area contributed by atoms with Crippen LogP contribution in [0.4, 0.5) is 0 Å². The molecule has 0 radical (unpaired) electrons. The third-order valence-corrected chi connectivity index (χ3v) is 31.6. The van der Waals surface area contributed by atoms with Gasteiger partial charge in [0.15, 0.2) is 0 Å². The SMILES string of the molecule is CCCn1c(-c2ccc(C#C[Si](C(C)C)(C(C)C)C(C)C)cc2)nc2cc3c(cc21)-c1nc-3nc2[n-]c(nc3nc(nc4[n-]c(n1)c1ccccc41)-c1ccccc1-3)c1cc3nc(-c4ccc(C#C[Si](C(C)C)(C(C)C)C(C)C)cc4)n(CCC)c3cc21.[Zn+2]. The second-order valence-electron chi connectivity index (χ2n) is 26.0. The minimum absolute atomic E-state index is 0. The molecular formula is C74H76N12Si2Zn. The molecule has 0 unspecified atom stereocenters. The van der Waals surface area contributed by atoms with E-state index in [1.807, 2.05) is 48.5 Å². The molecule has 0 N–H and O–H groups in total. The van der Waals surface area contributed by atoms with Gasteiger partial charge in [0, 0.05) is 80.2 Å². The average molecular weight is 1260 g/mol. The Labute approximate surface area is 537 Å².